The van der Waals surface area contributed by atoms with Gasteiger partial charge in [-0.1, -0.05) is 6.42 Å². The van der Waals surface area contributed by atoms with Gasteiger partial charge in [0.25, 0.3) is 0 Å². The highest BCUT2D eigenvalue weighted by molar-refractivity contribution is 9.10. The van der Waals surface area contributed by atoms with Crippen molar-refractivity contribution in [2.24, 2.45) is 5.41 Å². The molecule has 0 spiro atoms. The summed E-state index contributed by atoms with van der Waals surface area (Å²) in [6.07, 6.45) is 1.96. The van der Waals surface area contributed by atoms with Crippen LogP contribution in [0.4, 0.5) is 8.78 Å². The maximum Gasteiger partial charge on any atom is 0.153 e. The monoisotopic (exact) mass is 327 g/mol. The van der Waals surface area contributed by atoms with Crippen LogP contribution in [0.1, 0.15) is 31.2 Å². The van der Waals surface area contributed by atoms with Crippen LogP contribution >= 0.6 is 15.9 Å². The predicted octanol–water partition coefficient (Wildman–Crippen LogP) is 3.92. The van der Waals surface area contributed by atoms with Crippen LogP contribution < -0.4 is 0 Å². The number of benzene rings is 1. The molecule has 1 saturated carbocycles. The maximum absolute atomic E-state index is 13.9. The Balaban J connectivity index is 2.42. The molecule has 0 radical (unpaired) electrons. The Morgan fingerprint density at radius 1 is 1.37 bits per heavy atom. The molecular weight excluding hydrogens is 316 g/mol. The number of carbonyl (C=O) groups excluding carboxylic acids is 1. The molecule has 1 aliphatic rings. The summed E-state index contributed by atoms with van der Waals surface area (Å²) in [5.74, 6) is -1.65. The lowest BCUT2D eigenvalue weighted by Crippen LogP contribution is -2.35. The second-order valence-electron chi connectivity index (χ2n) is 4.82. The summed E-state index contributed by atoms with van der Waals surface area (Å²) in [4.78, 5) is 12.0. The fourth-order valence-electron chi connectivity index (χ4n) is 2.47. The van der Waals surface area contributed by atoms with Crippen LogP contribution in [0.15, 0.2) is 16.6 Å². The number of Topliss-reactive ketones (excluding diaryl/α,β-unsaturated/α-hetero) is 1. The van der Waals surface area contributed by atoms with Crippen LogP contribution in [0.2, 0.25) is 0 Å². The van der Waals surface area contributed by atoms with Gasteiger partial charge in [-0.3, -0.25) is 4.79 Å². The molecule has 5 heteroatoms. The number of halogens is 3. The molecule has 2 nitrogen and oxygen atoms in total. The molecule has 1 aliphatic carbocycles. The summed E-state index contributed by atoms with van der Waals surface area (Å²) in [6.45, 7) is 0. The first-order valence-electron chi connectivity index (χ1n) is 6.07. The van der Waals surface area contributed by atoms with Crippen molar-refractivity contribution < 1.29 is 13.6 Å². The zero-order chi connectivity index (χ0) is 14.0. The zero-order valence-corrected chi connectivity index (χ0v) is 11.8. The van der Waals surface area contributed by atoms with Gasteiger partial charge in [-0.15, -0.1) is 0 Å². The average molecular weight is 328 g/mol. The number of nitrogens with zero attached hydrogens (tertiary/aromatic N) is 1. The molecule has 1 aromatic carbocycles. The summed E-state index contributed by atoms with van der Waals surface area (Å²) in [6, 6.07) is 4.40. The van der Waals surface area contributed by atoms with Gasteiger partial charge in [0.05, 0.1) is 10.5 Å². The number of hydrogen-bond acceptors (Lipinski definition) is 2. The highest BCUT2D eigenvalue weighted by atomic mass is 79.9. The second-order valence-corrected chi connectivity index (χ2v) is 5.68. The van der Waals surface area contributed by atoms with Gasteiger partial charge in [0, 0.05) is 18.4 Å². The van der Waals surface area contributed by atoms with Crippen molar-refractivity contribution in [3.8, 4) is 6.07 Å². The van der Waals surface area contributed by atoms with Gasteiger partial charge in [0.15, 0.2) is 5.78 Å². The maximum atomic E-state index is 13.9. The standard InChI is InChI=1S/C14H12BrF2NO/c15-10-4-5-11(16)9(13(10)17)7-14(8-18)6-2-1-3-12(14)19/h4-5H,1-3,6-7H2. The normalized spacial score (nSPS) is 23.2. The molecule has 0 saturated heterocycles. The van der Waals surface area contributed by atoms with E-state index in [1.807, 2.05) is 6.07 Å². The zero-order valence-electron chi connectivity index (χ0n) is 10.2. The van der Waals surface area contributed by atoms with Crippen molar-refractivity contribution in [3.05, 3.63) is 33.8 Å². The summed E-state index contributed by atoms with van der Waals surface area (Å²) in [7, 11) is 0. The lowest BCUT2D eigenvalue weighted by Gasteiger charge is -2.29. The second kappa shape index (κ2) is 5.38. The molecule has 1 atom stereocenters. The molecule has 0 aliphatic heterocycles. The number of rotatable bonds is 2. The van der Waals surface area contributed by atoms with E-state index in [1.165, 1.54) is 6.07 Å². The summed E-state index contributed by atoms with van der Waals surface area (Å²) < 4.78 is 27.8. The van der Waals surface area contributed by atoms with Gasteiger partial charge in [0.2, 0.25) is 0 Å². The first-order chi connectivity index (χ1) is 9.00. The van der Waals surface area contributed by atoms with Gasteiger partial charge in [-0.05, 0) is 40.9 Å². The minimum Gasteiger partial charge on any atom is -0.298 e. The van der Waals surface area contributed by atoms with E-state index in [-0.39, 0.29) is 22.2 Å². The van der Waals surface area contributed by atoms with Crippen molar-refractivity contribution in [1.82, 2.24) is 0 Å². The number of ketones is 1. The topological polar surface area (TPSA) is 40.9 Å². The molecular formula is C14H12BrF2NO. The van der Waals surface area contributed by atoms with Crippen molar-refractivity contribution in [3.63, 3.8) is 0 Å². The molecule has 0 aromatic heterocycles. The van der Waals surface area contributed by atoms with E-state index in [4.69, 9.17) is 0 Å². The third-order valence-corrected chi connectivity index (χ3v) is 4.24. The molecule has 2 rings (SSSR count). The van der Waals surface area contributed by atoms with Gasteiger partial charge in [-0.2, -0.15) is 5.26 Å². The highest BCUT2D eigenvalue weighted by Gasteiger charge is 2.41. The quantitative estimate of drug-likeness (QED) is 0.772. The fraction of sp³-hybridized carbons (Fsp3) is 0.429. The van der Waals surface area contributed by atoms with Gasteiger partial charge >= 0.3 is 0 Å². The third kappa shape index (κ3) is 2.55. The Morgan fingerprint density at radius 2 is 2.11 bits per heavy atom. The average Bonchev–Trinajstić information content (AvgIpc) is 2.41. The van der Waals surface area contributed by atoms with Crippen molar-refractivity contribution >= 4 is 21.7 Å². The minimum atomic E-state index is -1.28. The molecule has 19 heavy (non-hydrogen) atoms. The van der Waals surface area contributed by atoms with Crippen LogP contribution in [-0.4, -0.2) is 5.78 Å². The number of carbonyl (C=O) groups is 1. The van der Waals surface area contributed by atoms with E-state index >= 15 is 0 Å². The van der Waals surface area contributed by atoms with Crippen LogP contribution in [0, 0.1) is 28.4 Å². The summed E-state index contributed by atoms with van der Waals surface area (Å²) in [5, 5.41) is 9.30. The molecule has 0 amide bonds. The Bertz CT molecular complexity index is 567. The molecule has 1 unspecified atom stereocenters. The first kappa shape index (κ1) is 14.1. The SMILES string of the molecule is N#CC1(Cc2c(F)ccc(Br)c2F)CCCCC1=O. The van der Waals surface area contributed by atoms with Crippen LogP contribution in [-0.2, 0) is 11.2 Å². The van der Waals surface area contributed by atoms with Crippen molar-refractivity contribution in [1.29, 1.82) is 5.26 Å². The van der Waals surface area contributed by atoms with Crippen LogP contribution in [0.3, 0.4) is 0 Å². The van der Waals surface area contributed by atoms with Crippen LogP contribution in [0.25, 0.3) is 0 Å². The smallest absolute Gasteiger partial charge is 0.153 e. The molecule has 0 N–H and O–H groups in total. The first-order valence-corrected chi connectivity index (χ1v) is 6.86. The molecule has 0 bridgehead atoms. The van der Waals surface area contributed by atoms with Crippen molar-refractivity contribution in [2.45, 2.75) is 32.1 Å². The Kier molecular flexibility index (Phi) is 4.00. The van der Waals surface area contributed by atoms with E-state index in [0.717, 1.165) is 18.9 Å². The number of hydrogen-bond donors (Lipinski definition) is 0. The van der Waals surface area contributed by atoms with E-state index in [9.17, 15) is 18.8 Å². The molecule has 1 aromatic rings. The largest absolute Gasteiger partial charge is 0.298 e. The van der Waals surface area contributed by atoms with E-state index < -0.39 is 17.0 Å². The molecule has 1 fully saturated rings. The third-order valence-electron chi connectivity index (χ3n) is 3.62. The Hall–Kier alpha value is -1.28. The number of nitriles is 1. The Labute approximate surface area is 118 Å². The van der Waals surface area contributed by atoms with E-state index in [0.29, 0.717) is 12.8 Å². The van der Waals surface area contributed by atoms with E-state index in [1.54, 1.807) is 0 Å². The molecule has 0 heterocycles. The van der Waals surface area contributed by atoms with Crippen molar-refractivity contribution in [2.75, 3.05) is 0 Å². The van der Waals surface area contributed by atoms with Gasteiger partial charge < -0.3 is 0 Å². The molecule has 100 valence electrons. The summed E-state index contributed by atoms with van der Waals surface area (Å²) >= 11 is 2.99. The highest BCUT2D eigenvalue weighted by Crippen LogP contribution is 2.37. The minimum absolute atomic E-state index is 0.139. The fourth-order valence-corrected chi connectivity index (χ4v) is 2.84. The lowest BCUT2D eigenvalue weighted by atomic mass is 9.70. The Morgan fingerprint density at radius 3 is 2.74 bits per heavy atom. The van der Waals surface area contributed by atoms with E-state index in [2.05, 4.69) is 15.9 Å². The predicted molar refractivity (Wildman–Crippen MR) is 69.3 cm³/mol. The van der Waals surface area contributed by atoms with Crippen LogP contribution in [0.5, 0.6) is 0 Å². The van der Waals surface area contributed by atoms with Gasteiger partial charge in [0.1, 0.15) is 17.0 Å². The summed E-state index contributed by atoms with van der Waals surface area (Å²) in [5.41, 5.74) is -1.47. The lowest BCUT2D eigenvalue weighted by molar-refractivity contribution is -0.128. The van der Waals surface area contributed by atoms with Gasteiger partial charge in [-0.25, -0.2) is 8.78 Å².